The van der Waals surface area contributed by atoms with Gasteiger partial charge in [-0.15, -0.1) is 0 Å². The highest BCUT2D eigenvalue weighted by Crippen LogP contribution is 2.19. The standard InChI is InChI=1S/C13H25N3O3/c1-13(2,3)19-12(18)16-10-7-5-9(6-8-10)15-11(17)14-4/h9-10H,5-8H2,1-4H3,(H,16,18)(H2,14,15,17). The molecule has 0 atom stereocenters. The topological polar surface area (TPSA) is 79.5 Å². The summed E-state index contributed by atoms with van der Waals surface area (Å²) >= 11 is 0. The Morgan fingerprint density at radius 1 is 1.00 bits per heavy atom. The van der Waals surface area contributed by atoms with Gasteiger partial charge in [-0.3, -0.25) is 0 Å². The Morgan fingerprint density at radius 3 is 1.89 bits per heavy atom. The van der Waals surface area contributed by atoms with Crippen LogP contribution >= 0.6 is 0 Å². The van der Waals surface area contributed by atoms with Crippen LogP contribution in [0.4, 0.5) is 9.59 Å². The van der Waals surface area contributed by atoms with Gasteiger partial charge in [0.25, 0.3) is 0 Å². The minimum Gasteiger partial charge on any atom is -0.444 e. The van der Waals surface area contributed by atoms with E-state index in [1.54, 1.807) is 7.05 Å². The molecule has 110 valence electrons. The van der Waals surface area contributed by atoms with Gasteiger partial charge in [-0.05, 0) is 46.5 Å². The van der Waals surface area contributed by atoms with Crippen LogP contribution in [0.3, 0.4) is 0 Å². The van der Waals surface area contributed by atoms with Crippen LogP contribution in [0.2, 0.25) is 0 Å². The van der Waals surface area contributed by atoms with Crippen molar-refractivity contribution >= 4 is 12.1 Å². The Hall–Kier alpha value is -1.46. The van der Waals surface area contributed by atoms with Gasteiger partial charge in [0.15, 0.2) is 0 Å². The van der Waals surface area contributed by atoms with Crippen LogP contribution in [0.15, 0.2) is 0 Å². The number of rotatable bonds is 2. The third-order valence-corrected chi connectivity index (χ3v) is 3.01. The van der Waals surface area contributed by atoms with Gasteiger partial charge in [0.1, 0.15) is 5.60 Å². The van der Waals surface area contributed by atoms with Crippen molar-refractivity contribution < 1.29 is 14.3 Å². The van der Waals surface area contributed by atoms with Gasteiger partial charge in [0.05, 0.1) is 0 Å². The highest BCUT2D eigenvalue weighted by Gasteiger charge is 2.25. The molecule has 0 heterocycles. The predicted octanol–water partition coefficient (Wildman–Crippen LogP) is 1.75. The lowest BCUT2D eigenvalue weighted by molar-refractivity contribution is 0.0490. The molecule has 1 aliphatic carbocycles. The summed E-state index contributed by atoms with van der Waals surface area (Å²) < 4.78 is 5.22. The van der Waals surface area contributed by atoms with E-state index < -0.39 is 5.60 Å². The first-order valence-electron chi connectivity index (χ1n) is 6.78. The van der Waals surface area contributed by atoms with Crippen LogP contribution in [0.1, 0.15) is 46.5 Å². The maximum Gasteiger partial charge on any atom is 0.407 e. The minimum atomic E-state index is -0.470. The van der Waals surface area contributed by atoms with Gasteiger partial charge in [0.2, 0.25) is 0 Å². The monoisotopic (exact) mass is 271 g/mol. The largest absolute Gasteiger partial charge is 0.444 e. The molecule has 1 saturated carbocycles. The number of urea groups is 1. The molecule has 0 aromatic heterocycles. The van der Waals surface area contributed by atoms with Crippen molar-refractivity contribution in [1.82, 2.24) is 16.0 Å². The first-order valence-corrected chi connectivity index (χ1v) is 6.78. The van der Waals surface area contributed by atoms with Crippen molar-refractivity contribution in [2.75, 3.05) is 7.05 Å². The van der Waals surface area contributed by atoms with Crippen LogP contribution in [0.25, 0.3) is 0 Å². The molecule has 19 heavy (non-hydrogen) atoms. The summed E-state index contributed by atoms with van der Waals surface area (Å²) in [6.07, 6.45) is 3.08. The molecule has 0 aromatic carbocycles. The summed E-state index contributed by atoms with van der Waals surface area (Å²) in [5, 5.41) is 8.30. The molecule has 1 rings (SSSR count). The molecule has 0 saturated heterocycles. The first kappa shape index (κ1) is 15.6. The van der Waals surface area contributed by atoms with E-state index >= 15 is 0 Å². The van der Waals surface area contributed by atoms with E-state index in [-0.39, 0.29) is 24.2 Å². The second-order valence-corrected chi connectivity index (χ2v) is 5.92. The zero-order chi connectivity index (χ0) is 14.5. The molecule has 1 aliphatic rings. The number of hydrogen-bond acceptors (Lipinski definition) is 3. The first-order chi connectivity index (χ1) is 8.80. The molecule has 1 fully saturated rings. The number of hydrogen-bond donors (Lipinski definition) is 3. The number of carbonyl (C=O) groups excluding carboxylic acids is 2. The van der Waals surface area contributed by atoms with Gasteiger partial charge >= 0.3 is 12.1 Å². The molecule has 6 nitrogen and oxygen atoms in total. The molecular weight excluding hydrogens is 246 g/mol. The van der Waals surface area contributed by atoms with Gasteiger partial charge in [-0.2, -0.15) is 0 Å². The summed E-state index contributed by atoms with van der Waals surface area (Å²) in [6, 6.07) is 0.178. The van der Waals surface area contributed by atoms with Gasteiger partial charge < -0.3 is 20.7 Å². The van der Waals surface area contributed by atoms with Crippen molar-refractivity contribution in [3.8, 4) is 0 Å². The molecule has 0 radical (unpaired) electrons. The number of carbonyl (C=O) groups is 2. The van der Waals surface area contributed by atoms with E-state index in [1.807, 2.05) is 20.8 Å². The SMILES string of the molecule is CNC(=O)NC1CCC(NC(=O)OC(C)(C)C)CC1. The van der Waals surface area contributed by atoms with Crippen LogP contribution < -0.4 is 16.0 Å². The van der Waals surface area contributed by atoms with Crippen molar-refractivity contribution in [2.45, 2.75) is 64.1 Å². The Kier molecular flexibility index (Phi) is 5.44. The maximum absolute atomic E-state index is 11.6. The Labute approximate surface area is 114 Å². The van der Waals surface area contributed by atoms with Gasteiger partial charge in [-0.1, -0.05) is 0 Å². The second kappa shape index (κ2) is 6.63. The van der Waals surface area contributed by atoms with E-state index in [9.17, 15) is 9.59 Å². The summed E-state index contributed by atoms with van der Waals surface area (Å²) in [5.41, 5.74) is -0.470. The number of alkyl carbamates (subject to hydrolysis) is 1. The zero-order valence-corrected chi connectivity index (χ0v) is 12.2. The average Bonchev–Trinajstić information content (AvgIpc) is 2.29. The quantitative estimate of drug-likeness (QED) is 0.716. The van der Waals surface area contributed by atoms with Gasteiger partial charge in [0, 0.05) is 19.1 Å². The lowest BCUT2D eigenvalue weighted by Crippen LogP contribution is -2.46. The van der Waals surface area contributed by atoms with Crippen molar-refractivity contribution in [3.05, 3.63) is 0 Å². The smallest absolute Gasteiger partial charge is 0.407 e. The maximum atomic E-state index is 11.6. The molecule has 6 heteroatoms. The fourth-order valence-corrected chi connectivity index (χ4v) is 2.11. The number of nitrogens with one attached hydrogen (secondary N) is 3. The van der Waals surface area contributed by atoms with Crippen LogP contribution in [-0.2, 0) is 4.74 Å². The van der Waals surface area contributed by atoms with Crippen molar-refractivity contribution in [2.24, 2.45) is 0 Å². The molecule has 3 N–H and O–H groups in total. The Morgan fingerprint density at radius 2 is 1.47 bits per heavy atom. The van der Waals surface area contributed by atoms with Crippen molar-refractivity contribution in [1.29, 1.82) is 0 Å². The van der Waals surface area contributed by atoms with Crippen LogP contribution in [0, 0.1) is 0 Å². The highest BCUT2D eigenvalue weighted by molar-refractivity contribution is 5.73. The highest BCUT2D eigenvalue weighted by atomic mass is 16.6. The summed E-state index contributed by atoms with van der Waals surface area (Å²) in [4.78, 5) is 22.8. The van der Waals surface area contributed by atoms with Crippen molar-refractivity contribution in [3.63, 3.8) is 0 Å². The summed E-state index contributed by atoms with van der Waals surface area (Å²) in [6.45, 7) is 5.53. The molecule has 0 unspecified atom stereocenters. The molecule has 0 aromatic rings. The van der Waals surface area contributed by atoms with E-state index in [1.165, 1.54) is 0 Å². The van der Waals surface area contributed by atoms with E-state index in [4.69, 9.17) is 4.74 Å². The summed E-state index contributed by atoms with van der Waals surface area (Å²) in [5.74, 6) is 0. The number of amides is 3. The minimum absolute atomic E-state index is 0.137. The number of ether oxygens (including phenoxy) is 1. The Bertz CT molecular complexity index is 318. The molecular formula is C13H25N3O3. The molecule has 0 aliphatic heterocycles. The van der Waals surface area contributed by atoms with Crippen LogP contribution in [-0.4, -0.2) is 36.9 Å². The average molecular weight is 271 g/mol. The molecule has 3 amide bonds. The normalized spacial score (nSPS) is 23.4. The second-order valence-electron chi connectivity index (χ2n) is 5.92. The Balaban J connectivity index is 2.26. The third kappa shape index (κ3) is 6.31. The van der Waals surface area contributed by atoms with E-state index in [2.05, 4.69) is 16.0 Å². The molecule has 0 spiro atoms. The lowest BCUT2D eigenvalue weighted by atomic mass is 9.91. The van der Waals surface area contributed by atoms with Crippen LogP contribution in [0.5, 0.6) is 0 Å². The van der Waals surface area contributed by atoms with E-state index in [0.717, 1.165) is 25.7 Å². The fraction of sp³-hybridized carbons (Fsp3) is 0.846. The zero-order valence-electron chi connectivity index (χ0n) is 12.2. The predicted molar refractivity (Wildman–Crippen MR) is 73.0 cm³/mol. The van der Waals surface area contributed by atoms with Gasteiger partial charge in [-0.25, -0.2) is 9.59 Å². The lowest BCUT2D eigenvalue weighted by Gasteiger charge is -2.30. The fourth-order valence-electron chi connectivity index (χ4n) is 2.11. The third-order valence-electron chi connectivity index (χ3n) is 3.01. The molecule has 0 bridgehead atoms. The van der Waals surface area contributed by atoms with E-state index in [0.29, 0.717) is 0 Å². The summed E-state index contributed by atoms with van der Waals surface area (Å²) in [7, 11) is 1.60.